The average Bonchev–Trinajstić information content (AvgIpc) is 2.65. The Kier molecular flexibility index (Phi) is 4.25. The maximum absolute atomic E-state index is 11.3. The lowest BCUT2D eigenvalue weighted by atomic mass is 10.2. The second-order valence-electron chi connectivity index (χ2n) is 2.85. The molecule has 72 valence electrons. The zero-order valence-electron chi connectivity index (χ0n) is 7.42. The molecule has 1 unspecified atom stereocenters. The van der Waals surface area contributed by atoms with Gasteiger partial charge in [0.1, 0.15) is 0 Å². The quantitative estimate of drug-likeness (QED) is 0.771. The first-order valence-corrected chi connectivity index (χ1v) is 5.51. The molecule has 1 amide bonds. The van der Waals surface area contributed by atoms with E-state index in [2.05, 4.69) is 5.32 Å². The standard InChI is InChI=1S/C9H12ClNOS/c1-7(5-10)9(12)11-6-8-3-2-4-13-8/h2-4,7H,5-6H2,1H3,(H,11,12). The Labute approximate surface area is 86.9 Å². The molecular formula is C9H12ClNOS. The third kappa shape index (κ3) is 3.36. The van der Waals surface area contributed by atoms with Crippen molar-refractivity contribution in [2.45, 2.75) is 13.5 Å². The molecule has 1 aromatic rings. The van der Waals surface area contributed by atoms with Crippen molar-refractivity contribution in [1.82, 2.24) is 5.32 Å². The van der Waals surface area contributed by atoms with Crippen LogP contribution in [0.4, 0.5) is 0 Å². The van der Waals surface area contributed by atoms with Crippen molar-refractivity contribution in [3.05, 3.63) is 22.4 Å². The van der Waals surface area contributed by atoms with Crippen molar-refractivity contribution in [1.29, 1.82) is 0 Å². The molecule has 0 saturated heterocycles. The highest BCUT2D eigenvalue weighted by atomic mass is 35.5. The van der Waals surface area contributed by atoms with Gasteiger partial charge in [0.2, 0.25) is 5.91 Å². The van der Waals surface area contributed by atoms with E-state index in [4.69, 9.17) is 11.6 Å². The number of alkyl halides is 1. The first kappa shape index (κ1) is 10.5. The number of nitrogens with one attached hydrogen (secondary N) is 1. The summed E-state index contributed by atoms with van der Waals surface area (Å²) in [6.45, 7) is 2.43. The van der Waals surface area contributed by atoms with Crippen molar-refractivity contribution in [3.8, 4) is 0 Å². The average molecular weight is 218 g/mol. The molecule has 0 bridgehead atoms. The van der Waals surface area contributed by atoms with Crippen LogP contribution in [0.25, 0.3) is 0 Å². The Hall–Kier alpha value is -0.540. The number of halogens is 1. The Morgan fingerprint density at radius 1 is 1.77 bits per heavy atom. The second-order valence-corrected chi connectivity index (χ2v) is 4.19. The van der Waals surface area contributed by atoms with Gasteiger partial charge in [-0.05, 0) is 11.4 Å². The predicted octanol–water partition coefficient (Wildman–Crippen LogP) is 2.24. The number of rotatable bonds is 4. The van der Waals surface area contributed by atoms with Crippen LogP contribution in [0.5, 0.6) is 0 Å². The van der Waals surface area contributed by atoms with Crippen LogP contribution < -0.4 is 5.32 Å². The molecule has 0 radical (unpaired) electrons. The topological polar surface area (TPSA) is 29.1 Å². The number of hydrogen-bond acceptors (Lipinski definition) is 2. The third-order valence-corrected chi connectivity index (χ3v) is 3.04. The van der Waals surface area contributed by atoms with Crippen LogP contribution in [0.3, 0.4) is 0 Å². The highest BCUT2D eigenvalue weighted by Gasteiger charge is 2.10. The Morgan fingerprint density at radius 3 is 3.08 bits per heavy atom. The molecule has 0 aliphatic carbocycles. The Morgan fingerprint density at radius 2 is 2.54 bits per heavy atom. The van der Waals surface area contributed by atoms with E-state index in [1.54, 1.807) is 11.3 Å². The molecule has 0 aliphatic heterocycles. The molecule has 1 heterocycles. The number of thiophene rings is 1. The van der Waals surface area contributed by atoms with E-state index in [0.717, 1.165) is 4.88 Å². The molecule has 4 heteroatoms. The minimum absolute atomic E-state index is 0.0170. The van der Waals surface area contributed by atoms with E-state index in [9.17, 15) is 4.79 Å². The fourth-order valence-corrected chi connectivity index (χ4v) is 1.62. The maximum Gasteiger partial charge on any atom is 0.224 e. The van der Waals surface area contributed by atoms with Crippen molar-refractivity contribution < 1.29 is 4.79 Å². The summed E-state index contributed by atoms with van der Waals surface area (Å²) in [5, 5.41) is 4.82. The van der Waals surface area contributed by atoms with Crippen molar-refractivity contribution in [2.75, 3.05) is 5.88 Å². The zero-order chi connectivity index (χ0) is 9.68. The molecule has 1 atom stereocenters. The van der Waals surface area contributed by atoms with E-state index < -0.39 is 0 Å². The molecule has 1 N–H and O–H groups in total. The third-order valence-electron chi connectivity index (χ3n) is 1.70. The van der Waals surface area contributed by atoms with Gasteiger partial charge < -0.3 is 5.32 Å². The second kappa shape index (κ2) is 5.25. The van der Waals surface area contributed by atoms with Crippen LogP contribution in [0.2, 0.25) is 0 Å². The highest BCUT2D eigenvalue weighted by Crippen LogP contribution is 2.08. The van der Waals surface area contributed by atoms with Gasteiger partial charge in [-0.15, -0.1) is 22.9 Å². The summed E-state index contributed by atoms with van der Waals surface area (Å²) in [5.74, 6) is 0.279. The summed E-state index contributed by atoms with van der Waals surface area (Å²) < 4.78 is 0. The van der Waals surface area contributed by atoms with E-state index in [-0.39, 0.29) is 11.8 Å². The van der Waals surface area contributed by atoms with Gasteiger partial charge in [0.05, 0.1) is 6.54 Å². The van der Waals surface area contributed by atoms with Gasteiger partial charge in [0.25, 0.3) is 0 Å². The first-order valence-electron chi connectivity index (χ1n) is 4.10. The van der Waals surface area contributed by atoms with Gasteiger partial charge in [-0.2, -0.15) is 0 Å². The number of hydrogen-bond donors (Lipinski definition) is 1. The maximum atomic E-state index is 11.3. The predicted molar refractivity (Wildman–Crippen MR) is 56.0 cm³/mol. The first-order chi connectivity index (χ1) is 6.24. The van der Waals surface area contributed by atoms with Gasteiger partial charge in [-0.25, -0.2) is 0 Å². The molecule has 0 aromatic carbocycles. The molecule has 0 saturated carbocycles. The van der Waals surface area contributed by atoms with Crippen LogP contribution in [-0.4, -0.2) is 11.8 Å². The summed E-state index contributed by atoms with van der Waals surface area (Å²) in [4.78, 5) is 12.4. The van der Waals surface area contributed by atoms with Crippen LogP contribution in [0, 0.1) is 5.92 Å². The number of amides is 1. The Balaban J connectivity index is 2.31. The zero-order valence-corrected chi connectivity index (χ0v) is 8.99. The van der Waals surface area contributed by atoms with Gasteiger partial charge in [-0.3, -0.25) is 4.79 Å². The minimum Gasteiger partial charge on any atom is -0.351 e. The number of carbonyl (C=O) groups excluding carboxylic acids is 1. The molecular weight excluding hydrogens is 206 g/mol. The lowest BCUT2D eigenvalue weighted by molar-refractivity contribution is -0.124. The molecule has 0 spiro atoms. The van der Waals surface area contributed by atoms with Gasteiger partial charge in [-0.1, -0.05) is 13.0 Å². The number of carbonyl (C=O) groups is 1. The lowest BCUT2D eigenvalue weighted by Crippen LogP contribution is -2.29. The van der Waals surface area contributed by atoms with Gasteiger partial charge in [0.15, 0.2) is 0 Å². The summed E-state index contributed by atoms with van der Waals surface area (Å²) in [5.41, 5.74) is 0. The smallest absolute Gasteiger partial charge is 0.224 e. The van der Waals surface area contributed by atoms with Crippen molar-refractivity contribution >= 4 is 28.8 Å². The van der Waals surface area contributed by atoms with Gasteiger partial charge >= 0.3 is 0 Å². The van der Waals surface area contributed by atoms with E-state index in [1.807, 2.05) is 24.4 Å². The highest BCUT2D eigenvalue weighted by molar-refractivity contribution is 7.09. The van der Waals surface area contributed by atoms with E-state index in [0.29, 0.717) is 12.4 Å². The molecule has 13 heavy (non-hydrogen) atoms. The monoisotopic (exact) mass is 217 g/mol. The minimum atomic E-state index is -0.110. The van der Waals surface area contributed by atoms with Crippen LogP contribution in [-0.2, 0) is 11.3 Å². The fraction of sp³-hybridized carbons (Fsp3) is 0.444. The van der Waals surface area contributed by atoms with E-state index >= 15 is 0 Å². The summed E-state index contributed by atoms with van der Waals surface area (Å²) in [6.07, 6.45) is 0. The molecule has 0 aliphatic rings. The van der Waals surface area contributed by atoms with Crippen molar-refractivity contribution in [3.63, 3.8) is 0 Å². The summed E-state index contributed by atoms with van der Waals surface area (Å²) >= 11 is 7.19. The lowest BCUT2D eigenvalue weighted by Gasteiger charge is -2.07. The van der Waals surface area contributed by atoms with Gasteiger partial charge in [0, 0.05) is 16.7 Å². The Bertz CT molecular complexity index is 261. The van der Waals surface area contributed by atoms with Crippen molar-refractivity contribution in [2.24, 2.45) is 5.92 Å². The molecule has 1 rings (SSSR count). The van der Waals surface area contributed by atoms with Crippen LogP contribution >= 0.6 is 22.9 Å². The summed E-state index contributed by atoms with van der Waals surface area (Å²) in [7, 11) is 0. The molecule has 2 nitrogen and oxygen atoms in total. The molecule has 0 fully saturated rings. The van der Waals surface area contributed by atoms with E-state index in [1.165, 1.54) is 0 Å². The SMILES string of the molecule is CC(CCl)C(=O)NCc1cccs1. The van der Waals surface area contributed by atoms with Crippen LogP contribution in [0.15, 0.2) is 17.5 Å². The van der Waals surface area contributed by atoms with Crippen LogP contribution in [0.1, 0.15) is 11.8 Å². The normalized spacial score (nSPS) is 12.5. The largest absolute Gasteiger partial charge is 0.351 e. The molecule has 1 aromatic heterocycles. The summed E-state index contributed by atoms with van der Waals surface area (Å²) in [6, 6.07) is 3.97. The fourth-order valence-electron chi connectivity index (χ4n) is 0.832.